The number of methoxy groups -OCH3 is 1. The second-order valence-electron chi connectivity index (χ2n) is 3.55. The second kappa shape index (κ2) is 5.64. The quantitative estimate of drug-likeness (QED) is 0.887. The van der Waals surface area contributed by atoms with Crippen molar-refractivity contribution in [2.45, 2.75) is 0 Å². The molecule has 1 N–H and O–H groups in total. The van der Waals surface area contributed by atoms with Crippen molar-refractivity contribution >= 4 is 27.5 Å². The van der Waals surface area contributed by atoms with Crippen LogP contribution < -0.4 is 10.1 Å². The third-order valence-electron chi connectivity index (χ3n) is 2.34. The van der Waals surface area contributed by atoms with Gasteiger partial charge in [0.1, 0.15) is 10.4 Å². The normalized spacial score (nSPS) is 9.89. The summed E-state index contributed by atoms with van der Waals surface area (Å²) in [5.41, 5.74) is 1.27. The Morgan fingerprint density at radius 2 is 2.00 bits per heavy atom. The monoisotopic (exact) mass is 306 g/mol. The van der Waals surface area contributed by atoms with Crippen LogP contribution in [0.25, 0.3) is 0 Å². The van der Waals surface area contributed by atoms with E-state index >= 15 is 0 Å². The molecule has 5 heteroatoms. The van der Waals surface area contributed by atoms with E-state index in [1.54, 1.807) is 49.7 Å². The van der Waals surface area contributed by atoms with E-state index in [0.717, 1.165) is 5.75 Å². The van der Waals surface area contributed by atoms with Crippen LogP contribution in [0.5, 0.6) is 5.75 Å². The molecule has 0 saturated heterocycles. The van der Waals surface area contributed by atoms with Gasteiger partial charge in [-0.2, -0.15) is 0 Å². The van der Waals surface area contributed by atoms with Crippen molar-refractivity contribution in [2.24, 2.45) is 0 Å². The maximum absolute atomic E-state index is 11.9. The van der Waals surface area contributed by atoms with Crippen LogP contribution >= 0.6 is 15.9 Å². The molecule has 1 amide bonds. The molecule has 18 heavy (non-hydrogen) atoms. The Bertz CT molecular complexity index is 555. The lowest BCUT2D eigenvalue weighted by Gasteiger charge is -2.06. The Kier molecular flexibility index (Phi) is 3.94. The summed E-state index contributed by atoms with van der Waals surface area (Å²) in [5.74, 6) is 0.572. The minimum Gasteiger partial charge on any atom is -0.497 e. The topological polar surface area (TPSA) is 51.2 Å². The highest BCUT2D eigenvalue weighted by Crippen LogP contribution is 2.16. The maximum Gasteiger partial charge on any atom is 0.255 e. The van der Waals surface area contributed by atoms with Gasteiger partial charge in [-0.25, -0.2) is 4.98 Å². The van der Waals surface area contributed by atoms with Gasteiger partial charge >= 0.3 is 0 Å². The zero-order valence-electron chi connectivity index (χ0n) is 9.68. The molecule has 2 aromatic rings. The number of amides is 1. The van der Waals surface area contributed by atoms with E-state index in [0.29, 0.717) is 15.9 Å². The molecule has 1 aromatic carbocycles. The first-order valence-electron chi connectivity index (χ1n) is 5.26. The number of carbonyl (C=O) groups excluding carboxylic acids is 1. The minimum atomic E-state index is -0.178. The fourth-order valence-corrected chi connectivity index (χ4v) is 1.79. The van der Waals surface area contributed by atoms with Gasteiger partial charge < -0.3 is 10.1 Å². The van der Waals surface area contributed by atoms with Gasteiger partial charge in [0.25, 0.3) is 5.91 Å². The van der Waals surface area contributed by atoms with Crippen molar-refractivity contribution in [1.82, 2.24) is 4.98 Å². The lowest BCUT2D eigenvalue weighted by atomic mass is 10.2. The van der Waals surface area contributed by atoms with Crippen molar-refractivity contribution in [2.75, 3.05) is 12.4 Å². The molecule has 1 aromatic heterocycles. The highest BCUT2D eigenvalue weighted by atomic mass is 79.9. The first-order valence-corrected chi connectivity index (χ1v) is 6.05. The number of nitrogens with zero attached hydrogens (tertiary/aromatic N) is 1. The number of hydrogen-bond donors (Lipinski definition) is 1. The first-order chi connectivity index (χ1) is 8.69. The molecule has 0 bridgehead atoms. The van der Waals surface area contributed by atoms with Crippen LogP contribution in [0.15, 0.2) is 47.2 Å². The van der Waals surface area contributed by atoms with Crippen molar-refractivity contribution in [3.8, 4) is 5.75 Å². The van der Waals surface area contributed by atoms with Crippen molar-refractivity contribution in [1.29, 1.82) is 0 Å². The number of hydrogen-bond acceptors (Lipinski definition) is 3. The van der Waals surface area contributed by atoms with E-state index in [9.17, 15) is 4.79 Å². The number of carbonyl (C=O) groups is 1. The molecule has 0 radical (unpaired) electrons. The van der Waals surface area contributed by atoms with E-state index in [2.05, 4.69) is 26.2 Å². The molecule has 2 rings (SSSR count). The highest BCUT2D eigenvalue weighted by Gasteiger charge is 2.06. The first kappa shape index (κ1) is 12.6. The van der Waals surface area contributed by atoms with Crippen LogP contribution in [-0.2, 0) is 0 Å². The number of pyridine rings is 1. The van der Waals surface area contributed by atoms with Gasteiger partial charge in [-0.05, 0) is 52.3 Å². The van der Waals surface area contributed by atoms with Gasteiger partial charge in [0, 0.05) is 17.4 Å². The summed E-state index contributed by atoms with van der Waals surface area (Å²) in [6.45, 7) is 0. The summed E-state index contributed by atoms with van der Waals surface area (Å²) in [6.07, 6.45) is 1.58. The van der Waals surface area contributed by atoms with Crippen LogP contribution in [-0.4, -0.2) is 18.0 Å². The van der Waals surface area contributed by atoms with Crippen LogP contribution in [0.1, 0.15) is 10.4 Å². The van der Waals surface area contributed by atoms with Gasteiger partial charge in [-0.3, -0.25) is 4.79 Å². The SMILES string of the molecule is COc1ccc(NC(=O)c2ccnc(Br)c2)cc1. The molecule has 4 nitrogen and oxygen atoms in total. The third-order valence-corrected chi connectivity index (χ3v) is 2.77. The average molecular weight is 307 g/mol. The predicted molar refractivity (Wildman–Crippen MR) is 72.9 cm³/mol. The van der Waals surface area contributed by atoms with E-state index < -0.39 is 0 Å². The second-order valence-corrected chi connectivity index (χ2v) is 4.36. The van der Waals surface area contributed by atoms with E-state index in [-0.39, 0.29) is 5.91 Å². The number of anilines is 1. The zero-order chi connectivity index (χ0) is 13.0. The molecule has 0 aliphatic carbocycles. The Labute approximate surface area is 113 Å². The summed E-state index contributed by atoms with van der Waals surface area (Å²) >= 11 is 3.23. The Morgan fingerprint density at radius 1 is 1.28 bits per heavy atom. The Balaban J connectivity index is 2.11. The standard InChI is InChI=1S/C13H11BrN2O2/c1-18-11-4-2-10(3-5-11)16-13(17)9-6-7-15-12(14)8-9/h2-8H,1H3,(H,16,17). The largest absolute Gasteiger partial charge is 0.497 e. The molecule has 0 aliphatic heterocycles. The highest BCUT2D eigenvalue weighted by molar-refractivity contribution is 9.10. The Hall–Kier alpha value is -1.88. The molecular weight excluding hydrogens is 296 g/mol. The number of benzene rings is 1. The molecule has 1 heterocycles. The van der Waals surface area contributed by atoms with Crippen LogP contribution in [0.3, 0.4) is 0 Å². The number of nitrogens with one attached hydrogen (secondary N) is 1. The van der Waals surface area contributed by atoms with Gasteiger partial charge in [0.15, 0.2) is 0 Å². The summed E-state index contributed by atoms with van der Waals surface area (Å²) < 4.78 is 5.68. The van der Waals surface area contributed by atoms with Crippen molar-refractivity contribution in [3.63, 3.8) is 0 Å². The molecule has 0 fully saturated rings. The molecule has 92 valence electrons. The predicted octanol–water partition coefficient (Wildman–Crippen LogP) is 3.11. The molecule has 0 saturated carbocycles. The lowest BCUT2D eigenvalue weighted by molar-refractivity contribution is 0.102. The van der Waals surface area contributed by atoms with Gasteiger partial charge in [0.05, 0.1) is 7.11 Å². The molecule has 0 atom stereocenters. The Morgan fingerprint density at radius 3 is 2.61 bits per heavy atom. The number of halogens is 1. The maximum atomic E-state index is 11.9. The number of rotatable bonds is 3. The van der Waals surface area contributed by atoms with Gasteiger partial charge in [-0.15, -0.1) is 0 Å². The van der Waals surface area contributed by atoms with Gasteiger partial charge in [0.2, 0.25) is 0 Å². The third kappa shape index (κ3) is 3.07. The fourth-order valence-electron chi connectivity index (χ4n) is 1.42. The minimum absolute atomic E-state index is 0.178. The lowest BCUT2D eigenvalue weighted by Crippen LogP contribution is -2.11. The van der Waals surface area contributed by atoms with E-state index in [1.807, 2.05) is 0 Å². The van der Waals surface area contributed by atoms with Crippen LogP contribution in [0, 0.1) is 0 Å². The summed E-state index contributed by atoms with van der Waals surface area (Å²) in [4.78, 5) is 15.9. The molecule has 0 unspecified atom stereocenters. The smallest absolute Gasteiger partial charge is 0.255 e. The van der Waals surface area contributed by atoms with Crippen molar-refractivity contribution < 1.29 is 9.53 Å². The average Bonchev–Trinajstić information content (AvgIpc) is 2.39. The number of ether oxygens (including phenoxy) is 1. The van der Waals surface area contributed by atoms with Gasteiger partial charge in [-0.1, -0.05) is 0 Å². The number of aromatic nitrogens is 1. The summed E-state index contributed by atoms with van der Waals surface area (Å²) in [6, 6.07) is 10.5. The zero-order valence-corrected chi connectivity index (χ0v) is 11.3. The summed E-state index contributed by atoms with van der Waals surface area (Å²) in [7, 11) is 1.60. The fraction of sp³-hybridized carbons (Fsp3) is 0.0769. The molecular formula is C13H11BrN2O2. The van der Waals surface area contributed by atoms with Crippen LogP contribution in [0.4, 0.5) is 5.69 Å². The van der Waals surface area contributed by atoms with E-state index in [1.165, 1.54) is 0 Å². The van der Waals surface area contributed by atoms with E-state index in [4.69, 9.17) is 4.74 Å². The molecule has 0 spiro atoms. The van der Waals surface area contributed by atoms with Crippen molar-refractivity contribution in [3.05, 3.63) is 52.8 Å². The van der Waals surface area contributed by atoms with Crippen LogP contribution in [0.2, 0.25) is 0 Å². The molecule has 0 aliphatic rings. The summed E-state index contributed by atoms with van der Waals surface area (Å²) in [5, 5.41) is 2.79.